The Morgan fingerprint density at radius 3 is 2.54 bits per heavy atom. The van der Waals surface area contributed by atoms with Crippen molar-refractivity contribution in [3.63, 3.8) is 0 Å². The lowest BCUT2D eigenvalue weighted by Gasteiger charge is -2.26. The third-order valence-electron chi connectivity index (χ3n) is 5.65. The molecule has 7 nitrogen and oxygen atoms in total. The molecule has 1 aromatic heterocycles. The number of aryl methyl sites for hydroxylation is 1. The summed E-state index contributed by atoms with van der Waals surface area (Å²) in [6.07, 6.45) is 1.85. The molecule has 0 radical (unpaired) electrons. The molecule has 2 aromatic carbocycles. The maximum absolute atomic E-state index is 13.7. The van der Waals surface area contributed by atoms with Gasteiger partial charge in [0.15, 0.2) is 16.3 Å². The van der Waals surface area contributed by atoms with Crippen LogP contribution in [0.2, 0.25) is 0 Å². The molecule has 35 heavy (non-hydrogen) atoms. The van der Waals surface area contributed by atoms with Crippen molar-refractivity contribution in [1.29, 1.82) is 0 Å². The van der Waals surface area contributed by atoms with Crippen LogP contribution in [-0.4, -0.2) is 31.4 Å². The molecular formula is C26H25BrN2O5S. The van der Waals surface area contributed by atoms with Crippen LogP contribution in [-0.2, 0) is 9.53 Å². The predicted molar refractivity (Wildman–Crippen MR) is 139 cm³/mol. The van der Waals surface area contributed by atoms with E-state index in [1.807, 2.05) is 37.3 Å². The van der Waals surface area contributed by atoms with E-state index in [4.69, 9.17) is 14.2 Å². The van der Waals surface area contributed by atoms with Crippen LogP contribution < -0.4 is 24.4 Å². The summed E-state index contributed by atoms with van der Waals surface area (Å²) in [5.74, 6) is 0.479. The Morgan fingerprint density at radius 1 is 1.17 bits per heavy atom. The van der Waals surface area contributed by atoms with Crippen LogP contribution in [0.1, 0.15) is 36.6 Å². The molecule has 9 heteroatoms. The summed E-state index contributed by atoms with van der Waals surface area (Å²) < 4.78 is 19.0. The molecule has 0 N–H and O–H groups in total. The van der Waals surface area contributed by atoms with E-state index in [0.717, 1.165) is 11.1 Å². The van der Waals surface area contributed by atoms with Crippen molar-refractivity contribution >= 4 is 39.3 Å². The summed E-state index contributed by atoms with van der Waals surface area (Å²) in [5, 5.41) is 0. The van der Waals surface area contributed by atoms with Crippen LogP contribution in [0.15, 0.2) is 61.9 Å². The van der Waals surface area contributed by atoms with E-state index < -0.39 is 12.0 Å². The van der Waals surface area contributed by atoms with Crippen molar-refractivity contribution in [2.45, 2.75) is 26.8 Å². The van der Waals surface area contributed by atoms with Gasteiger partial charge in [-0.05, 0) is 50.1 Å². The van der Waals surface area contributed by atoms with E-state index in [9.17, 15) is 9.59 Å². The fraction of sp³-hybridized carbons (Fsp3) is 0.269. The normalized spacial score (nSPS) is 15.5. The van der Waals surface area contributed by atoms with Crippen LogP contribution >= 0.6 is 27.3 Å². The highest BCUT2D eigenvalue weighted by atomic mass is 79.9. The number of carbonyl (C=O) groups excluding carboxylic acids is 1. The number of carbonyl (C=O) groups is 1. The minimum Gasteiger partial charge on any atom is -0.493 e. The van der Waals surface area contributed by atoms with Crippen molar-refractivity contribution in [2.75, 3.05) is 20.8 Å². The number of rotatable bonds is 6. The van der Waals surface area contributed by atoms with E-state index in [1.54, 1.807) is 37.7 Å². The number of nitrogens with zero attached hydrogens (tertiary/aromatic N) is 2. The first-order valence-electron chi connectivity index (χ1n) is 11.0. The molecule has 0 saturated carbocycles. The first-order chi connectivity index (χ1) is 16.8. The zero-order valence-corrected chi connectivity index (χ0v) is 22.5. The van der Waals surface area contributed by atoms with Gasteiger partial charge in [-0.3, -0.25) is 9.36 Å². The number of thiazole rings is 1. The number of halogens is 1. The number of hydrogen-bond acceptors (Lipinski definition) is 7. The van der Waals surface area contributed by atoms with E-state index in [2.05, 4.69) is 20.9 Å². The van der Waals surface area contributed by atoms with Gasteiger partial charge in [0.1, 0.15) is 0 Å². The van der Waals surface area contributed by atoms with Crippen LogP contribution in [0.3, 0.4) is 0 Å². The molecule has 2 heterocycles. The monoisotopic (exact) mass is 556 g/mol. The number of allylic oxidation sites excluding steroid dienone is 1. The third-order valence-corrected chi connectivity index (χ3v) is 7.32. The molecule has 4 rings (SSSR count). The Bertz CT molecular complexity index is 1520. The first kappa shape index (κ1) is 24.9. The number of hydrogen-bond donors (Lipinski definition) is 0. The zero-order chi connectivity index (χ0) is 25.3. The average molecular weight is 557 g/mol. The molecule has 0 saturated heterocycles. The highest BCUT2D eigenvalue weighted by molar-refractivity contribution is 9.10. The Hall–Kier alpha value is -3.17. The van der Waals surface area contributed by atoms with E-state index >= 15 is 0 Å². The Balaban J connectivity index is 2.02. The molecule has 0 fully saturated rings. The number of aromatic nitrogens is 1. The number of ether oxygens (including phenoxy) is 3. The molecule has 182 valence electrons. The van der Waals surface area contributed by atoms with E-state index in [-0.39, 0.29) is 12.2 Å². The molecule has 0 unspecified atom stereocenters. The van der Waals surface area contributed by atoms with Crippen LogP contribution in [0.4, 0.5) is 0 Å². The van der Waals surface area contributed by atoms with Gasteiger partial charge in [0.05, 0.1) is 42.7 Å². The molecule has 0 spiro atoms. The zero-order valence-electron chi connectivity index (χ0n) is 20.0. The first-order valence-corrected chi connectivity index (χ1v) is 12.6. The lowest BCUT2D eigenvalue weighted by Crippen LogP contribution is -2.40. The van der Waals surface area contributed by atoms with Crippen molar-refractivity contribution < 1.29 is 19.0 Å². The minimum absolute atomic E-state index is 0.202. The van der Waals surface area contributed by atoms with Gasteiger partial charge in [0.25, 0.3) is 5.56 Å². The summed E-state index contributed by atoms with van der Waals surface area (Å²) in [4.78, 5) is 32.0. The highest BCUT2D eigenvalue weighted by Crippen LogP contribution is 2.40. The van der Waals surface area contributed by atoms with Crippen molar-refractivity contribution in [1.82, 2.24) is 4.57 Å². The molecule has 1 aliphatic heterocycles. The number of methoxy groups -OCH3 is 2. The SMILES string of the molecule is CCOC(=O)C1=C(C)N=c2s/c(=C/c3cccc(C)c3)c(=O)n2[C@H]1c1cc(OC)c(OC)cc1Br. The maximum Gasteiger partial charge on any atom is 0.338 e. The molecule has 1 aliphatic rings. The van der Waals surface area contributed by atoms with Crippen molar-refractivity contribution in [3.05, 3.63) is 88.5 Å². The average Bonchev–Trinajstić information content (AvgIpc) is 3.12. The lowest BCUT2D eigenvalue weighted by atomic mass is 9.95. The fourth-order valence-corrected chi connectivity index (χ4v) is 5.66. The maximum atomic E-state index is 13.7. The second kappa shape index (κ2) is 10.2. The van der Waals surface area contributed by atoms with Gasteiger partial charge < -0.3 is 14.2 Å². The van der Waals surface area contributed by atoms with Gasteiger partial charge in [-0.1, -0.05) is 57.1 Å². The topological polar surface area (TPSA) is 79.1 Å². The van der Waals surface area contributed by atoms with Crippen LogP contribution in [0.5, 0.6) is 11.5 Å². The molecule has 0 amide bonds. The van der Waals surface area contributed by atoms with Gasteiger partial charge in [0, 0.05) is 4.47 Å². The van der Waals surface area contributed by atoms with Gasteiger partial charge >= 0.3 is 5.97 Å². The van der Waals surface area contributed by atoms with Gasteiger partial charge in [0.2, 0.25) is 0 Å². The summed E-state index contributed by atoms with van der Waals surface area (Å²) in [7, 11) is 3.09. The molecule has 1 atom stereocenters. The van der Waals surface area contributed by atoms with Crippen LogP contribution in [0.25, 0.3) is 6.08 Å². The Kier molecular flexibility index (Phi) is 7.28. The fourth-order valence-electron chi connectivity index (χ4n) is 4.08. The summed E-state index contributed by atoms with van der Waals surface area (Å²) >= 11 is 4.89. The molecular weight excluding hydrogens is 532 g/mol. The largest absolute Gasteiger partial charge is 0.493 e. The summed E-state index contributed by atoms with van der Waals surface area (Å²) in [5.41, 5.74) is 3.23. The third kappa shape index (κ3) is 4.70. The number of fused-ring (bicyclic) bond motifs is 1. The second-order valence-electron chi connectivity index (χ2n) is 7.95. The highest BCUT2D eigenvalue weighted by Gasteiger charge is 2.35. The predicted octanol–water partition coefficient (Wildman–Crippen LogP) is 3.89. The van der Waals surface area contributed by atoms with E-state index in [1.165, 1.54) is 18.4 Å². The van der Waals surface area contributed by atoms with Crippen molar-refractivity contribution in [3.8, 4) is 11.5 Å². The second-order valence-corrected chi connectivity index (χ2v) is 9.81. The number of benzene rings is 2. The van der Waals surface area contributed by atoms with Gasteiger partial charge in [-0.25, -0.2) is 9.79 Å². The van der Waals surface area contributed by atoms with Crippen LogP contribution in [0, 0.1) is 6.92 Å². The van der Waals surface area contributed by atoms with Gasteiger partial charge in [-0.2, -0.15) is 0 Å². The quantitative estimate of drug-likeness (QED) is 0.430. The van der Waals surface area contributed by atoms with E-state index in [0.29, 0.717) is 42.1 Å². The Labute approximate surface area is 215 Å². The molecule has 0 bridgehead atoms. The standard InChI is InChI=1S/C26H25BrN2O5S/c1-6-34-25(31)22-15(3)28-26-29(23(22)17-12-19(32-4)20(33-5)13-18(17)27)24(30)21(35-26)11-16-9-7-8-14(2)10-16/h7-13,23H,6H2,1-5H3/b21-11+/t23-/m0/s1. The lowest BCUT2D eigenvalue weighted by molar-refractivity contribution is -0.139. The summed E-state index contributed by atoms with van der Waals surface area (Å²) in [6, 6.07) is 10.7. The number of esters is 1. The molecule has 3 aromatic rings. The summed E-state index contributed by atoms with van der Waals surface area (Å²) in [6.45, 7) is 5.70. The van der Waals surface area contributed by atoms with Gasteiger partial charge in [-0.15, -0.1) is 0 Å². The minimum atomic E-state index is -0.765. The molecule has 0 aliphatic carbocycles. The van der Waals surface area contributed by atoms with Crippen molar-refractivity contribution in [2.24, 2.45) is 4.99 Å². The Morgan fingerprint density at radius 2 is 1.89 bits per heavy atom. The smallest absolute Gasteiger partial charge is 0.338 e.